The molecule has 1 saturated heterocycles. The predicted molar refractivity (Wildman–Crippen MR) is 74.2 cm³/mol. The molecule has 1 amide bonds. The summed E-state index contributed by atoms with van der Waals surface area (Å²) in [5, 5.41) is 13.9. The van der Waals surface area contributed by atoms with Crippen molar-refractivity contribution in [2.24, 2.45) is 0 Å². The number of hydrogen-bond donors (Lipinski definition) is 1. The van der Waals surface area contributed by atoms with Crippen molar-refractivity contribution in [1.29, 1.82) is 0 Å². The molecule has 1 heterocycles. The average Bonchev–Trinajstić information content (AvgIpc) is 2.37. The second-order valence-electron chi connectivity index (χ2n) is 4.53. The van der Waals surface area contributed by atoms with Gasteiger partial charge in [-0.05, 0) is 28.9 Å². The van der Waals surface area contributed by atoms with Crippen molar-refractivity contribution in [3.63, 3.8) is 0 Å². The van der Waals surface area contributed by atoms with E-state index in [9.17, 15) is 14.9 Å². The predicted octanol–water partition coefficient (Wildman–Crippen LogP) is 1.79. The normalized spacial score (nSPS) is 19.3. The maximum atomic E-state index is 12.3. The number of nitrogens with one attached hydrogen (secondary N) is 1. The van der Waals surface area contributed by atoms with Crippen LogP contribution in [0.3, 0.4) is 0 Å². The van der Waals surface area contributed by atoms with Gasteiger partial charge in [0.1, 0.15) is 0 Å². The van der Waals surface area contributed by atoms with Crippen LogP contribution in [0, 0.1) is 10.1 Å². The zero-order valence-electron chi connectivity index (χ0n) is 10.4. The molecule has 0 saturated carbocycles. The van der Waals surface area contributed by atoms with Crippen LogP contribution in [0.1, 0.15) is 17.3 Å². The fraction of sp³-hybridized carbons (Fsp3) is 0.417. The SMILES string of the molecule is C[C@@H]1CN(C(=O)c2ccc([N+](=O)[O-])cc2Br)CCN1. The number of hydrogen-bond acceptors (Lipinski definition) is 4. The standard InChI is InChI=1S/C12H14BrN3O3/c1-8-7-15(5-4-14-8)12(17)10-3-2-9(16(18)19)6-11(10)13/h2-3,6,8,14H,4-5,7H2,1H3/t8-/m1/s1. The first-order chi connectivity index (χ1) is 8.99. The topological polar surface area (TPSA) is 75.5 Å². The Morgan fingerprint density at radius 2 is 2.32 bits per heavy atom. The lowest BCUT2D eigenvalue weighted by Gasteiger charge is -2.32. The molecule has 1 aliphatic heterocycles. The summed E-state index contributed by atoms with van der Waals surface area (Å²) in [5.41, 5.74) is 0.428. The highest BCUT2D eigenvalue weighted by atomic mass is 79.9. The number of piperazine rings is 1. The second kappa shape index (κ2) is 5.66. The summed E-state index contributed by atoms with van der Waals surface area (Å²) >= 11 is 3.23. The number of nitro benzene ring substituents is 1. The zero-order valence-corrected chi connectivity index (χ0v) is 12.0. The Balaban J connectivity index is 2.21. The van der Waals surface area contributed by atoms with Gasteiger partial charge in [0.05, 0.1) is 10.5 Å². The summed E-state index contributed by atoms with van der Waals surface area (Å²) in [6.45, 7) is 4.07. The van der Waals surface area contributed by atoms with Crippen LogP contribution in [0.15, 0.2) is 22.7 Å². The maximum absolute atomic E-state index is 12.3. The molecular formula is C12H14BrN3O3. The van der Waals surface area contributed by atoms with E-state index in [0.717, 1.165) is 6.54 Å². The molecule has 19 heavy (non-hydrogen) atoms. The van der Waals surface area contributed by atoms with Gasteiger partial charge in [-0.2, -0.15) is 0 Å². The van der Waals surface area contributed by atoms with Gasteiger partial charge in [-0.15, -0.1) is 0 Å². The monoisotopic (exact) mass is 327 g/mol. The lowest BCUT2D eigenvalue weighted by molar-refractivity contribution is -0.384. The van der Waals surface area contributed by atoms with E-state index in [1.54, 1.807) is 4.90 Å². The average molecular weight is 328 g/mol. The number of nitro groups is 1. The third-order valence-corrected chi connectivity index (χ3v) is 3.71. The Kier molecular flexibility index (Phi) is 4.16. The Labute approximate surface area is 119 Å². The van der Waals surface area contributed by atoms with Gasteiger partial charge >= 0.3 is 0 Å². The second-order valence-corrected chi connectivity index (χ2v) is 5.38. The summed E-state index contributed by atoms with van der Waals surface area (Å²) in [6, 6.07) is 4.47. The fourth-order valence-corrected chi connectivity index (χ4v) is 2.61. The summed E-state index contributed by atoms with van der Waals surface area (Å²) in [4.78, 5) is 24.3. The molecule has 6 nitrogen and oxygen atoms in total. The van der Waals surface area contributed by atoms with Gasteiger partial charge in [0, 0.05) is 42.3 Å². The smallest absolute Gasteiger partial charge is 0.270 e. The molecule has 102 valence electrons. The minimum absolute atomic E-state index is 0.0305. The quantitative estimate of drug-likeness (QED) is 0.663. The molecule has 0 radical (unpaired) electrons. The van der Waals surface area contributed by atoms with Crippen LogP contribution in [0.4, 0.5) is 5.69 Å². The molecule has 0 spiro atoms. The fourth-order valence-electron chi connectivity index (χ4n) is 2.08. The van der Waals surface area contributed by atoms with E-state index in [1.165, 1.54) is 18.2 Å². The van der Waals surface area contributed by atoms with E-state index in [4.69, 9.17) is 0 Å². The van der Waals surface area contributed by atoms with Crippen molar-refractivity contribution in [2.45, 2.75) is 13.0 Å². The molecular weight excluding hydrogens is 314 g/mol. The summed E-state index contributed by atoms with van der Waals surface area (Å²) < 4.78 is 0.456. The third kappa shape index (κ3) is 3.10. The van der Waals surface area contributed by atoms with Crippen molar-refractivity contribution in [1.82, 2.24) is 10.2 Å². The first kappa shape index (κ1) is 14.0. The van der Waals surface area contributed by atoms with Gasteiger partial charge in [0.2, 0.25) is 0 Å². The maximum Gasteiger partial charge on any atom is 0.270 e. The van der Waals surface area contributed by atoms with Crippen LogP contribution in [0.2, 0.25) is 0 Å². The van der Waals surface area contributed by atoms with Crippen LogP contribution in [0.25, 0.3) is 0 Å². The number of benzene rings is 1. The first-order valence-electron chi connectivity index (χ1n) is 5.95. The van der Waals surface area contributed by atoms with Gasteiger partial charge in [-0.1, -0.05) is 0 Å². The molecule has 1 aliphatic rings. The highest BCUT2D eigenvalue weighted by Gasteiger charge is 2.24. The molecule has 0 aromatic heterocycles. The van der Waals surface area contributed by atoms with E-state index >= 15 is 0 Å². The molecule has 2 rings (SSSR count). The van der Waals surface area contributed by atoms with Gasteiger partial charge in [0.25, 0.3) is 11.6 Å². The van der Waals surface area contributed by atoms with Crippen molar-refractivity contribution in [2.75, 3.05) is 19.6 Å². The van der Waals surface area contributed by atoms with Crippen molar-refractivity contribution in [3.05, 3.63) is 38.3 Å². The van der Waals surface area contributed by atoms with Crippen LogP contribution >= 0.6 is 15.9 Å². The van der Waals surface area contributed by atoms with E-state index in [1.807, 2.05) is 6.92 Å². The van der Waals surface area contributed by atoms with E-state index in [2.05, 4.69) is 21.2 Å². The number of nitrogens with zero attached hydrogens (tertiary/aromatic N) is 2. The number of non-ortho nitro benzene ring substituents is 1. The van der Waals surface area contributed by atoms with Gasteiger partial charge < -0.3 is 10.2 Å². The van der Waals surface area contributed by atoms with Crippen molar-refractivity contribution in [3.8, 4) is 0 Å². The molecule has 0 unspecified atom stereocenters. The molecule has 1 fully saturated rings. The third-order valence-electron chi connectivity index (χ3n) is 3.05. The highest BCUT2D eigenvalue weighted by Crippen LogP contribution is 2.24. The molecule has 1 atom stereocenters. The van der Waals surface area contributed by atoms with Crippen LogP contribution in [0.5, 0.6) is 0 Å². The summed E-state index contributed by atoms with van der Waals surface area (Å²) in [6.07, 6.45) is 0. The Hall–Kier alpha value is -1.47. The molecule has 0 aliphatic carbocycles. The number of carbonyl (C=O) groups is 1. The van der Waals surface area contributed by atoms with Crippen molar-refractivity contribution < 1.29 is 9.72 Å². The minimum atomic E-state index is -0.480. The highest BCUT2D eigenvalue weighted by molar-refractivity contribution is 9.10. The Bertz CT molecular complexity index is 521. The van der Waals surface area contributed by atoms with Gasteiger partial charge in [-0.3, -0.25) is 14.9 Å². The first-order valence-corrected chi connectivity index (χ1v) is 6.75. The Morgan fingerprint density at radius 3 is 2.89 bits per heavy atom. The van der Waals surface area contributed by atoms with Gasteiger partial charge in [0.15, 0.2) is 0 Å². The van der Waals surface area contributed by atoms with E-state index < -0.39 is 4.92 Å². The number of carbonyl (C=O) groups excluding carboxylic acids is 1. The summed E-state index contributed by atoms with van der Waals surface area (Å²) in [5.74, 6) is -0.102. The largest absolute Gasteiger partial charge is 0.336 e. The van der Waals surface area contributed by atoms with Gasteiger partial charge in [-0.25, -0.2) is 0 Å². The minimum Gasteiger partial charge on any atom is -0.336 e. The molecule has 1 aromatic carbocycles. The molecule has 0 bridgehead atoms. The molecule has 7 heteroatoms. The van der Waals surface area contributed by atoms with E-state index in [-0.39, 0.29) is 17.6 Å². The lowest BCUT2D eigenvalue weighted by atomic mass is 10.1. The number of halogens is 1. The zero-order chi connectivity index (χ0) is 14.0. The van der Waals surface area contributed by atoms with Crippen LogP contribution in [-0.4, -0.2) is 41.4 Å². The number of rotatable bonds is 2. The van der Waals surface area contributed by atoms with E-state index in [0.29, 0.717) is 23.1 Å². The van der Waals surface area contributed by atoms with Crippen LogP contribution in [-0.2, 0) is 0 Å². The Morgan fingerprint density at radius 1 is 1.58 bits per heavy atom. The summed E-state index contributed by atoms with van der Waals surface area (Å²) in [7, 11) is 0. The van der Waals surface area contributed by atoms with Crippen molar-refractivity contribution >= 4 is 27.5 Å². The number of amides is 1. The molecule has 1 N–H and O–H groups in total. The van der Waals surface area contributed by atoms with Crippen LogP contribution < -0.4 is 5.32 Å². The molecule has 1 aromatic rings. The lowest BCUT2D eigenvalue weighted by Crippen LogP contribution is -2.51.